The van der Waals surface area contributed by atoms with E-state index >= 15 is 0 Å². The van der Waals surface area contributed by atoms with Gasteiger partial charge in [-0.15, -0.1) is 0 Å². The van der Waals surface area contributed by atoms with E-state index in [1.807, 2.05) is 0 Å². The van der Waals surface area contributed by atoms with Crippen molar-refractivity contribution in [2.45, 2.75) is 45.8 Å². The highest BCUT2D eigenvalue weighted by atomic mass is 16.6. The van der Waals surface area contributed by atoms with Crippen LogP contribution in [0.1, 0.15) is 33.6 Å². The maximum absolute atomic E-state index is 12.8. The zero-order valence-electron chi connectivity index (χ0n) is 21.4. The van der Waals surface area contributed by atoms with E-state index in [1.54, 1.807) is 0 Å². The molecule has 5 N–H and O–H groups in total. The van der Waals surface area contributed by atoms with Crippen LogP contribution < -0.4 is 9.47 Å². The topological polar surface area (TPSA) is 180 Å². The van der Waals surface area contributed by atoms with Gasteiger partial charge in [0, 0.05) is 6.92 Å². The smallest absolute Gasteiger partial charge is 0.315 e. The zero-order valence-corrected chi connectivity index (χ0v) is 21.4. The summed E-state index contributed by atoms with van der Waals surface area (Å²) in [6, 6.07) is 10.6. The van der Waals surface area contributed by atoms with Crippen LogP contribution in [-0.2, 0) is 19.1 Å². The minimum atomic E-state index is -1.07. The quantitative estimate of drug-likeness (QED) is 0.151. The summed E-state index contributed by atoms with van der Waals surface area (Å²) in [6.45, 7) is 4.00. The number of rotatable bonds is 9. The van der Waals surface area contributed by atoms with Crippen LogP contribution in [0.4, 0.5) is 0 Å². The van der Waals surface area contributed by atoms with Gasteiger partial charge in [0.25, 0.3) is 0 Å². The lowest BCUT2D eigenvalue weighted by molar-refractivity contribution is -0.149. The summed E-state index contributed by atoms with van der Waals surface area (Å²) in [7, 11) is 0. The molecule has 0 saturated carbocycles. The average molecular weight is 541 g/mol. The van der Waals surface area contributed by atoms with Gasteiger partial charge < -0.3 is 39.7 Å². The summed E-state index contributed by atoms with van der Waals surface area (Å²) in [4.78, 5) is 36.5. The van der Waals surface area contributed by atoms with Crippen LogP contribution in [0.3, 0.4) is 0 Å². The van der Waals surface area contributed by atoms with E-state index in [-0.39, 0.29) is 33.8 Å². The van der Waals surface area contributed by atoms with Crippen molar-refractivity contribution < 1.29 is 54.1 Å². The molecule has 0 heterocycles. The number of benzene rings is 3. The lowest BCUT2D eigenvalue weighted by Gasteiger charge is -2.21. The van der Waals surface area contributed by atoms with Gasteiger partial charge in [-0.3, -0.25) is 14.4 Å². The van der Waals surface area contributed by atoms with Crippen LogP contribution in [0.15, 0.2) is 48.5 Å². The fourth-order valence-electron chi connectivity index (χ4n) is 3.78. The maximum atomic E-state index is 12.8. The highest BCUT2D eigenvalue weighted by Crippen LogP contribution is 2.56. The van der Waals surface area contributed by atoms with Crippen molar-refractivity contribution in [1.82, 2.24) is 0 Å². The molecular formula is C28H28O11. The highest BCUT2D eigenvalue weighted by Gasteiger charge is 2.31. The predicted molar refractivity (Wildman–Crippen MR) is 137 cm³/mol. The summed E-state index contributed by atoms with van der Waals surface area (Å²) in [5.41, 5.74) is -0.155. The number of ether oxygens (including phenoxy) is 3. The second-order valence-electron chi connectivity index (χ2n) is 8.82. The van der Waals surface area contributed by atoms with Crippen molar-refractivity contribution in [2.24, 2.45) is 0 Å². The first-order valence-electron chi connectivity index (χ1n) is 11.8. The first-order chi connectivity index (χ1) is 18.4. The second-order valence-corrected chi connectivity index (χ2v) is 8.82. The van der Waals surface area contributed by atoms with Gasteiger partial charge in [0.1, 0.15) is 17.6 Å². The Morgan fingerprint density at radius 3 is 1.44 bits per heavy atom. The fourth-order valence-corrected chi connectivity index (χ4v) is 3.78. The average Bonchev–Trinajstić information content (AvgIpc) is 2.83. The Morgan fingerprint density at radius 1 is 0.692 bits per heavy atom. The van der Waals surface area contributed by atoms with Gasteiger partial charge >= 0.3 is 17.9 Å². The maximum Gasteiger partial charge on any atom is 0.315 e. The Labute approximate surface area is 223 Å². The first-order valence-corrected chi connectivity index (χ1v) is 11.8. The molecule has 2 atom stereocenters. The number of esters is 3. The second kappa shape index (κ2) is 12.2. The third kappa shape index (κ3) is 7.17. The molecule has 3 rings (SSSR count). The molecule has 0 amide bonds. The summed E-state index contributed by atoms with van der Waals surface area (Å²) < 4.78 is 15.8. The number of carbonyl (C=O) groups is 3. The van der Waals surface area contributed by atoms with Gasteiger partial charge in [-0.1, -0.05) is 24.3 Å². The normalized spacial score (nSPS) is 12.3. The van der Waals surface area contributed by atoms with Gasteiger partial charge in [-0.25, -0.2) is 0 Å². The molecule has 11 heteroatoms. The molecule has 0 aliphatic carbocycles. The third-order valence-corrected chi connectivity index (χ3v) is 5.38. The largest absolute Gasteiger partial charge is 0.508 e. The SMILES string of the molecule is CC(=O)O[C@@H](C)CC(=O)Oc1c(O)c(-c2ccc(O)cc2)c(OC(=O)C[C@@H](C)O)c(O)c1-c1ccc(O)cc1. The number of aliphatic hydroxyl groups is 1. The monoisotopic (exact) mass is 540 g/mol. The highest BCUT2D eigenvalue weighted by molar-refractivity contribution is 5.95. The molecule has 0 aromatic heterocycles. The van der Waals surface area contributed by atoms with Gasteiger partial charge in [0.2, 0.25) is 0 Å². The Balaban J connectivity index is 2.27. The van der Waals surface area contributed by atoms with Crippen LogP contribution in [0, 0.1) is 0 Å². The summed E-state index contributed by atoms with van der Waals surface area (Å²) in [5.74, 6) is -5.09. The van der Waals surface area contributed by atoms with Gasteiger partial charge in [-0.2, -0.15) is 0 Å². The number of phenolic OH excluding ortho intramolecular Hbond substituents is 4. The number of aliphatic hydroxyl groups excluding tert-OH is 1. The third-order valence-electron chi connectivity index (χ3n) is 5.38. The van der Waals surface area contributed by atoms with Crippen LogP contribution in [0.2, 0.25) is 0 Å². The summed E-state index contributed by atoms with van der Waals surface area (Å²) in [6.07, 6.45) is -2.76. The molecule has 0 fully saturated rings. The molecule has 0 aliphatic heterocycles. The number of hydrogen-bond donors (Lipinski definition) is 5. The molecule has 3 aromatic carbocycles. The van der Waals surface area contributed by atoms with Crippen molar-refractivity contribution in [3.63, 3.8) is 0 Å². The van der Waals surface area contributed by atoms with E-state index in [9.17, 15) is 39.9 Å². The Kier molecular flexibility index (Phi) is 9.00. The first kappa shape index (κ1) is 28.8. The van der Waals surface area contributed by atoms with Crippen molar-refractivity contribution in [3.8, 4) is 56.8 Å². The van der Waals surface area contributed by atoms with Gasteiger partial charge in [0.15, 0.2) is 23.0 Å². The minimum Gasteiger partial charge on any atom is -0.508 e. The van der Waals surface area contributed by atoms with E-state index in [0.29, 0.717) is 0 Å². The molecule has 11 nitrogen and oxygen atoms in total. The number of phenols is 4. The van der Waals surface area contributed by atoms with E-state index < -0.39 is 66.0 Å². The van der Waals surface area contributed by atoms with E-state index in [1.165, 1.54) is 69.3 Å². The predicted octanol–water partition coefficient (Wildman–Crippen LogP) is 3.77. The molecular weight excluding hydrogens is 512 g/mol. The number of hydrogen-bond acceptors (Lipinski definition) is 11. The molecule has 39 heavy (non-hydrogen) atoms. The standard InChI is InChI=1S/C28H28O11/c1-14(29)12-21(33)38-27-23(17-4-8-19(31)9-5-17)26(36)28(39-22(34)13-15(2)37-16(3)30)24(25(27)35)18-6-10-20(32)11-7-18/h4-11,14-15,29,31-32,35-36H,12-13H2,1-3H3/t14-,15+/m1/s1. The molecule has 0 saturated heterocycles. The van der Waals surface area contributed by atoms with Crippen molar-refractivity contribution >= 4 is 17.9 Å². The molecule has 206 valence electrons. The van der Waals surface area contributed by atoms with Crippen LogP contribution in [0.5, 0.6) is 34.5 Å². The van der Waals surface area contributed by atoms with Crippen LogP contribution >= 0.6 is 0 Å². The van der Waals surface area contributed by atoms with E-state index in [4.69, 9.17) is 14.2 Å². The van der Waals surface area contributed by atoms with E-state index in [0.717, 1.165) is 0 Å². The Bertz CT molecular complexity index is 1360. The van der Waals surface area contributed by atoms with Crippen molar-refractivity contribution in [1.29, 1.82) is 0 Å². The molecule has 0 radical (unpaired) electrons. The molecule has 3 aromatic rings. The van der Waals surface area contributed by atoms with Gasteiger partial charge in [0.05, 0.1) is 30.1 Å². The Hall–Kier alpha value is -4.77. The molecule has 0 spiro atoms. The molecule has 0 aliphatic rings. The zero-order chi connectivity index (χ0) is 28.9. The van der Waals surface area contributed by atoms with Gasteiger partial charge in [-0.05, 0) is 49.2 Å². The molecule has 0 bridgehead atoms. The summed E-state index contributed by atoms with van der Waals surface area (Å²) >= 11 is 0. The van der Waals surface area contributed by atoms with Crippen LogP contribution in [0.25, 0.3) is 22.3 Å². The summed E-state index contributed by atoms with van der Waals surface area (Å²) in [5, 5.41) is 51.9. The number of aromatic hydroxyl groups is 4. The fraction of sp³-hybridized carbons (Fsp3) is 0.250. The van der Waals surface area contributed by atoms with Crippen LogP contribution in [-0.4, -0.2) is 55.6 Å². The minimum absolute atomic E-state index is 0.109. The van der Waals surface area contributed by atoms with Crippen molar-refractivity contribution in [2.75, 3.05) is 0 Å². The lowest BCUT2D eigenvalue weighted by Crippen LogP contribution is -2.20. The lowest BCUT2D eigenvalue weighted by atomic mass is 9.95. The Morgan fingerprint density at radius 2 is 1.08 bits per heavy atom. The molecule has 0 unspecified atom stereocenters. The number of carbonyl (C=O) groups excluding carboxylic acids is 3. The van der Waals surface area contributed by atoms with E-state index in [2.05, 4.69) is 0 Å². The van der Waals surface area contributed by atoms with Crippen molar-refractivity contribution in [3.05, 3.63) is 48.5 Å².